The van der Waals surface area contributed by atoms with Crippen molar-refractivity contribution in [1.82, 2.24) is 19.7 Å². The summed E-state index contributed by atoms with van der Waals surface area (Å²) < 4.78 is 20.6. The summed E-state index contributed by atoms with van der Waals surface area (Å²) in [5, 5.41) is 7.77. The van der Waals surface area contributed by atoms with Gasteiger partial charge >= 0.3 is 0 Å². The fraction of sp³-hybridized carbons (Fsp3) is 0.391. The van der Waals surface area contributed by atoms with Crippen molar-refractivity contribution in [3.63, 3.8) is 0 Å². The van der Waals surface area contributed by atoms with Gasteiger partial charge in [0.15, 0.2) is 0 Å². The van der Waals surface area contributed by atoms with E-state index in [-0.39, 0.29) is 7.24 Å². The molecule has 0 saturated carbocycles. The van der Waals surface area contributed by atoms with E-state index in [1.165, 1.54) is 23.4 Å². The molecule has 164 valence electrons. The number of halogens is 1. The molecule has 0 radical (unpaired) electrons. The molecule has 2 saturated heterocycles. The quantitative estimate of drug-likeness (QED) is 0.676. The maximum Gasteiger partial charge on any atom is 0.246 e. The van der Waals surface area contributed by atoms with E-state index in [1.807, 2.05) is 13.0 Å². The third-order valence-corrected chi connectivity index (χ3v) is 5.92. The van der Waals surface area contributed by atoms with Crippen LogP contribution in [0.2, 0.25) is 0 Å². The first kappa shape index (κ1) is 20.0. The summed E-state index contributed by atoms with van der Waals surface area (Å²) in [6.07, 6.45) is 1.59. The van der Waals surface area contributed by atoms with Crippen LogP contribution in [0.25, 0.3) is 5.69 Å². The van der Waals surface area contributed by atoms with E-state index < -0.39 is 0 Å². The lowest BCUT2D eigenvalue weighted by Crippen LogP contribution is -2.56. The summed E-state index contributed by atoms with van der Waals surface area (Å²) in [6, 6.07) is 11.9. The largest absolute Gasteiger partial charge is 0.378 e. The molecular formula is C23H29FN6O. The number of rotatable bonds is 5. The Morgan fingerprint density at radius 2 is 1.71 bits per heavy atom. The van der Waals surface area contributed by atoms with Crippen molar-refractivity contribution in [3.8, 4) is 5.69 Å². The smallest absolute Gasteiger partial charge is 0.246 e. The van der Waals surface area contributed by atoms with Crippen LogP contribution in [0.3, 0.4) is 0 Å². The van der Waals surface area contributed by atoms with Crippen molar-refractivity contribution in [2.75, 3.05) is 49.6 Å². The lowest BCUT2D eigenvalue weighted by Gasteiger charge is -2.43. The second-order valence-electron chi connectivity index (χ2n) is 8.40. The Bertz CT molecular complexity index is 1060. The maximum atomic E-state index is 13.7. The Labute approximate surface area is 182 Å². The highest BCUT2D eigenvalue weighted by Gasteiger charge is 2.29. The molecule has 3 aromatic rings. The van der Waals surface area contributed by atoms with E-state index in [9.17, 15) is 4.39 Å². The average Bonchev–Trinajstić information content (AvgIpc) is 3.14. The van der Waals surface area contributed by atoms with Gasteiger partial charge in [0, 0.05) is 39.0 Å². The molecule has 2 aromatic carbocycles. The summed E-state index contributed by atoms with van der Waals surface area (Å²) in [5.74, 6) is 0.196. The molecule has 7 nitrogen and oxygen atoms in total. The van der Waals surface area contributed by atoms with E-state index >= 15 is 0 Å². The van der Waals surface area contributed by atoms with Gasteiger partial charge in [0.2, 0.25) is 5.95 Å². The van der Waals surface area contributed by atoms with Crippen LogP contribution in [0.1, 0.15) is 12.6 Å². The minimum atomic E-state index is -0.284. The number of ether oxygens (including phenoxy) is 1. The molecule has 5 rings (SSSR count). The van der Waals surface area contributed by atoms with Gasteiger partial charge in [0.1, 0.15) is 12.1 Å². The van der Waals surface area contributed by atoms with Crippen molar-refractivity contribution < 1.29 is 10.6 Å². The number of aromatic nitrogens is 3. The number of piperazine rings is 1. The van der Waals surface area contributed by atoms with Crippen LogP contribution < -0.4 is 10.2 Å². The first-order valence-corrected chi connectivity index (χ1v) is 10.7. The van der Waals surface area contributed by atoms with Gasteiger partial charge in [-0.15, -0.1) is 5.10 Å². The molecule has 2 fully saturated rings. The number of hydrogen-bond donors (Lipinski definition) is 1. The second kappa shape index (κ2) is 8.28. The standard InChI is InChI=1S/C23H27FN6O.H2/c1-16-7-18(24)11-21(10-16)30-15-25-23(27-30)26-19-8-17(2)9-20(12-19)28-3-5-29(6-4-28)22-13-31-14-22;/h7-12,15,22H,3-6,13-14H2,1-2H3,(H,26,27);1H. The fourth-order valence-corrected chi connectivity index (χ4v) is 4.22. The predicted molar refractivity (Wildman–Crippen MR) is 121 cm³/mol. The summed E-state index contributed by atoms with van der Waals surface area (Å²) in [7, 11) is 0. The van der Waals surface area contributed by atoms with Gasteiger partial charge in [-0.1, -0.05) is 0 Å². The first-order chi connectivity index (χ1) is 15.0. The number of benzene rings is 2. The molecule has 1 N–H and O–H groups in total. The molecule has 0 spiro atoms. The number of aryl methyl sites for hydroxylation is 2. The summed E-state index contributed by atoms with van der Waals surface area (Å²) in [5.41, 5.74) is 4.81. The minimum Gasteiger partial charge on any atom is -0.378 e. The van der Waals surface area contributed by atoms with Crippen molar-refractivity contribution in [2.24, 2.45) is 0 Å². The first-order valence-electron chi connectivity index (χ1n) is 10.7. The molecular weight excluding hydrogens is 395 g/mol. The summed E-state index contributed by atoms with van der Waals surface area (Å²) in [4.78, 5) is 9.30. The molecule has 31 heavy (non-hydrogen) atoms. The molecule has 0 unspecified atom stereocenters. The van der Waals surface area contributed by atoms with Crippen LogP contribution in [0.4, 0.5) is 21.7 Å². The zero-order valence-electron chi connectivity index (χ0n) is 17.9. The van der Waals surface area contributed by atoms with Crippen LogP contribution in [0, 0.1) is 19.7 Å². The summed E-state index contributed by atoms with van der Waals surface area (Å²) >= 11 is 0. The lowest BCUT2D eigenvalue weighted by atomic mass is 10.1. The van der Waals surface area contributed by atoms with Crippen molar-refractivity contribution in [1.29, 1.82) is 0 Å². The zero-order chi connectivity index (χ0) is 21.4. The number of nitrogens with one attached hydrogen (secondary N) is 1. The Balaban J connectivity index is 0.00000245. The van der Waals surface area contributed by atoms with E-state index in [1.54, 1.807) is 11.0 Å². The molecule has 0 aliphatic carbocycles. The van der Waals surface area contributed by atoms with E-state index in [0.29, 0.717) is 17.7 Å². The Hall–Kier alpha value is -2.97. The van der Waals surface area contributed by atoms with Crippen LogP contribution >= 0.6 is 0 Å². The molecule has 3 heterocycles. The molecule has 8 heteroatoms. The van der Waals surface area contributed by atoms with Gasteiger partial charge in [0.25, 0.3) is 0 Å². The fourth-order valence-electron chi connectivity index (χ4n) is 4.22. The highest BCUT2D eigenvalue weighted by atomic mass is 19.1. The number of hydrogen-bond acceptors (Lipinski definition) is 6. The predicted octanol–water partition coefficient (Wildman–Crippen LogP) is 3.53. The van der Waals surface area contributed by atoms with Crippen molar-refractivity contribution in [3.05, 3.63) is 59.7 Å². The molecule has 1 aromatic heterocycles. The Morgan fingerprint density at radius 3 is 2.42 bits per heavy atom. The van der Waals surface area contributed by atoms with Gasteiger partial charge in [0.05, 0.1) is 24.9 Å². The molecule has 2 aliphatic heterocycles. The molecule has 0 amide bonds. The van der Waals surface area contributed by atoms with E-state index in [0.717, 1.165) is 50.6 Å². The third kappa shape index (κ3) is 4.40. The van der Waals surface area contributed by atoms with E-state index in [4.69, 9.17) is 4.74 Å². The van der Waals surface area contributed by atoms with Crippen LogP contribution in [0.5, 0.6) is 0 Å². The number of anilines is 3. The zero-order valence-corrected chi connectivity index (χ0v) is 17.9. The van der Waals surface area contributed by atoms with Crippen LogP contribution in [-0.4, -0.2) is 65.1 Å². The number of nitrogens with zero attached hydrogens (tertiary/aromatic N) is 5. The molecule has 0 atom stereocenters. The van der Waals surface area contributed by atoms with Gasteiger partial charge in [-0.25, -0.2) is 9.07 Å². The van der Waals surface area contributed by atoms with Crippen molar-refractivity contribution >= 4 is 17.3 Å². The highest BCUT2D eigenvalue weighted by Crippen LogP contribution is 2.26. The van der Waals surface area contributed by atoms with Gasteiger partial charge in [-0.05, 0) is 61.4 Å². The van der Waals surface area contributed by atoms with Gasteiger partial charge in [-0.2, -0.15) is 4.98 Å². The monoisotopic (exact) mass is 424 g/mol. The Morgan fingerprint density at radius 1 is 0.968 bits per heavy atom. The Kier molecular flexibility index (Phi) is 5.33. The normalized spacial score (nSPS) is 17.6. The van der Waals surface area contributed by atoms with Gasteiger partial charge in [-0.3, -0.25) is 4.90 Å². The summed E-state index contributed by atoms with van der Waals surface area (Å²) in [6.45, 7) is 9.82. The minimum absolute atomic E-state index is 0. The van der Waals surface area contributed by atoms with Crippen LogP contribution in [0.15, 0.2) is 42.7 Å². The molecule has 2 aliphatic rings. The highest BCUT2D eigenvalue weighted by molar-refractivity contribution is 5.64. The topological polar surface area (TPSA) is 58.5 Å². The maximum absolute atomic E-state index is 13.7. The van der Waals surface area contributed by atoms with Gasteiger partial charge < -0.3 is 15.0 Å². The van der Waals surface area contributed by atoms with E-state index in [2.05, 4.69) is 50.3 Å². The average molecular weight is 425 g/mol. The SMILES string of the molecule is Cc1cc(Nc2ncn(-c3cc(C)cc(F)c3)n2)cc(N2CCN(C3COC3)CC2)c1.[HH]. The lowest BCUT2D eigenvalue weighted by molar-refractivity contribution is -0.0660. The van der Waals surface area contributed by atoms with Crippen molar-refractivity contribution in [2.45, 2.75) is 19.9 Å². The second-order valence-corrected chi connectivity index (χ2v) is 8.40. The molecule has 0 bridgehead atoms. The van der Waals surface area contributed by atoms with Crippen LogP contribution in [-0.2, 0) is 4.74 Å². The third-order valence-electron chi connectivity index (χ3n) is 5.92.